The van der Waals surface area contributed by atoms with Crippen LogP contribution in [0.2, 0.25) is 0 Å². The van der Waals surface area contributed by atoms with Gasteiger partial charge in [-0.3, -0.25) is 0 Å². The molecule has 0 bridgehead atoms. The summed E-state index contributed by atoms with van der Waals surface area (Å²) in [5.41, 5.74) is 6.79. The first kappa shape index (κ1) is 14.1. The van der Waals surface area contributed by atoms with Crippen LogP contribution < -0.4 is 4.57 Å². The molecule has 30 heavy (non-hydrogen) atoms. The highest BCUT2D eigenvalue weighted by Gasteiger charge is 2.23. The zero-order chi connectivity index (χ0) is 25.4. The maximum atomic E-state index is 8.66. The van der Waals surface area contributed by atoms with Crippen molar-refractivity contribution in [1.29, 1.82) is 0 Å². The van der Waals surface area contributed by atoms with Crippen molar-refractivity contribution < 1.29 is 11.4 Å². The van der Waals surface area contributed by atoms with Crippen molar-refractivity contribution in [3.05, 3.63) is 64.5 Å². The number of aromatic nitrogens is 3. The number of hydrogen-bond acceptors (Lipinski definition) is 1. The standard InChI is InChI=1S/C27H30N3/c1-16(2)12-20-8-7-9-23-21(20)10-11-24(29(23)6)22-14-25-27(19(5)18(22)4)28-26-13-17(3)15-30(25)26/h7-11,14-16H,12-13H2,1-6H3/q+1/i5D3,12D2. The third-order valence-corrected chi connectivity index (χ3v) is 6.04. The summed E-state index contributed by atoms with van der Waals surface area (Å²) in [6, 6.07) is 11.7. The maximum Gasteiger partial charge on any atom is 0.213 e. The number of allylic oxidation sites excluding steroid dienone is 1. The Morgan fingerprint density at radius 1 is 1.20 bits per heavy atom. The molecule has 0 aliphatic carbocycles. The molecule has 152 valence electrons. The molecule has 3 heterocycles. The van der Waals surface area contributed by atoms with Crippen molar-refractivity contribution in [3.8, 4) is 11.3 Å². The third-order valence-electron chi connectivity index (χ3n) is 6.04. The molecule has 2 aromatic heterocycles. The highest BCUT2D eigenvalue weighted by molar-refractivity contribution is 5.90. The number of pyridine rings is 1. The molecule has 0 radical (unpaired) electrons. The topological polar surface area (TPSA) is 21.7 Å². The average molecular weight is 402 g/mol. The Balaban J connectivity index is 1.82. The van der Waals surface area contributed by atoms with Crippen LogP contribution in [-0.2, 0) is 19.8 Å². The quantitative estimate of drug-likeness (QED) is 0.391. The minimum absolute atomic E-state index is 0.176. The van der Waals surface area contributed by atoms with Gasteiger partial charge in [-0.15, -0.1) is 0 Å². The van der Waals surface area contributed by atoms with Gasteiger partial charge in [-0.25, -0.2) is 4.98 Å². The third kappa shape index (κ3) is 2.79. The normalized spacial score (nSPS) is 16.9. The molecule has 3 heteroatoms. The first-order chi connectivity index (χ1) is 16.3. The van der Waals surface area contributed by atoms with E-state index in [2.05, 4.69) is 6.92 Å². The second-order valence-corrected chi connectivity index (χ2v) is 8.66. The average Bonchev–Trinajstić information content (AvgIpc) is 3.28. The number of benzene rings is 2. The summed E-state index contributed by atoms with van der Waals surface area (Å²) in [5.74, 6) is 0.688. The molecule has 3 nitrogen and oxygen atoms in total. The molecule has 0 atom stereocenters. The molecule has 0 amide bonds. The molecule has 0 fully saturated rings. The van der Waals surface area contributed by atoms with E-state index in [9.17, 15) is 0 Å². The number of fused-ring (bicyclic) bond motifs is 4. The van der Waals surface area contributed by atoms with Gasteiger partial charge in [0.2, 0.25) is 11.2 Å². The fraction of sp³-hybridized carbons (Fsp3) is 0.333. The molecule has 2 aromatic carbocycles. The Kier molecular flexibility index (Phi) is 3.20. The zero-order valence-electron chi connectivity index (χ0n) is 23.2. The lowest BCUT2D eigenvalue weighted by Gasteiger charge is -2.12. The van der Waals surface area contributed by atoms with E-state index in [1.165, 1.54) is 5.57 Å². The first-order valence-corrected chi connectivity index (χ1v) is 10.5. The van der Waals surface area contributed by atoms with E-state index in [0.717, 1.165) is 33.5 Å². The lowest BCUT2D eigenvalue weighted by Crippen LogP contribution is -2.32. The van der Waals surface area contributed by atoms with Gasteiger partial charge in [0.1, 0.15) is 12.9 Å². The van der Waals surface area contributed by atoms with Crippen LogP contribution in [0.4, 0.5) is 0 Å². The number of nitrogens with zero attached hydrogens (tertiary/aromatic N) is 3. The number of aryl methyl sites for hydroxylation is 2. The van der Waals surface area contributed by atoms with Crippen molar-refractivity contribution in [1.82, 2.24) is 9.55 Å². The Labute approximate surface area is 185 Å². The van der Waals surface area contributed by atoms with Gasteiger partial charge in [-0.1, -0.05) is 26.0 Å². The van der Waals surface area contributed by atoms with Crippen molar-refractivity contribution in [2.24, 2.45) is 13.0 Å². The summed E-state index contributed by atoms with van der Waals surface area (Å²) in [6.07, 6.45) is 1.28. The van der Waals surface area contributed by atoms with Gasteiger partial charge in [0.05, 0.1) is 16.6 Å². The molecule has 4 aromatic rings. The van der Waals surface area contributed by atoms with Crippen molar-refractivity contribution in [2.45, 2.75) is 47.3 Å². The second-order valence-electron chi connectivity index (χ2n) is 8.66. The predicted octanol–water partition coefficient (Wildman–Crippen LogP) is 5.91. The van der Waals surface area contributed by atoms with Gasteiger partial charge in [0.15, 0.2) is 0 Å². The molecule has 0 spiro atoms. The lowest BCUT2D eigenvalue weighted by atomic mass is 9.95. The molecular formula is C27H30N3+. The Hall–Kier alpha value is -2.94. The van der Waals surface area contributed by atoms with Crippen LogP contribution in [0.15, 0.2) is 42.0 Å². The van der Waals surface area contributed by atoms with Crippen LogP contribution in [0.25, 0.3) is 39.4 Å². The van der Waals surface area contributed by atoms with Gasteiger partial charge < -0.3 is 4.57 Å². The molecule has 0 saturated carbocycles. The van der Waals surface area contributed by atoms with E-state index in [1.807, 2.05) is 79.6 Å². The minimum atomic E-state index is -2.30. The summed E-state index contributed by atoms with van der Waals surface area (Å²) in [4.78, 5) is 4.74. The van der Waals surface area contributed by atoms with E-state index < -0.39 is 13.2 Å². The van der Waals surface area contributed by atoms with Crippen molar-refractivity contribution in [2.75, 3.05) is 0 Å². The van der Waals surface area contributed by atoms with Gasteiger partial charge in [0, 0.05) is 37.0 Å². The smallest absolute Gasteiger partial charge is 0.213 e. The molecular weight excluding hydrogens is 366 g/mol. The minimum Gasteiger partial charge on any atom is -0.303 e. The first-order valence-electron chi connectivity index (χ1n) is 13.0. The zero-order valence-corrected chi connectivity index (χ0v) is 18.2. The van der Waals surface area contributed by atoms with E-state index in [4.69, 9.17) is 11.8 Å². The highest BCUT2D eigenvalue weighted by atomic mass is 15.1. The van der Waals surface area contributed by atoms with Crippen molar-refractivity contribution in [3.63, 3.8) is 0 Å². The molecule has 1 aliphatic heterocycles. The molecule has 1 aliphatic rings. The van der Waals surface area contributed by atoms with E-state index >= 15 is 0 Å². The van der Waals surface area contributed by atoms with E-state index in [0.29, 0.717) is 28.6 Å². The van der Waals surface area contributed by atoms with Crippen LogP contribution >= 0.6 is 0 Å². The SMILES string of the molecule is [2H]C([2H])([2H])c1c(C)c(-c2ccc3c(C([2H])([2H])C(C)C)cccc3[n+]2C)cc2c1nc1n2C=C(C)C1. The summed E-state index contributed by atoms with van der Waals surface area (Å²) in [5, 5.41) is 0.857. The van der Waals surface area contributed by atoms with Crippen LogP contribution in [0.1, 0.15) is 50.1 Å². The molecule has 0 unspecified atom stereocenters. The Morgan fingerprint density at radius 2 is 2.03 bits per heavy atom. The van der Waals surface area contributed by atoms with Crippen LogP contribution in [0, 0.1) is 19.7 Å². The predicted molar refractivity (Wildman–Crippen MR) is 126 cm³/mol. The number of rotatable bonds is 3. The summed E-state index contributed by atoms with van der Waals surface area (Å²) >= 11 is 0. The highest BCUT2D eigenvalue weighted by Crippen LogP contribution is 2.34. The van der Waals surface area contributed by atoms with Gasteiger partial charge in [0.25, 0.3) is 0 Å². The van der Waals surface area contributed by atoms with Gasteiger partial charge in [-0.2, -0.15) is 4.57 Å². The summed E-state index contributed by atoms with van der Waals surface area (Å²) in [7, 11) is 1.95. The van der Waals surface area contributed by atoms with Crippen LogP contribution in [0.5, 0.6) is 0 Å². The Bertz CT molecular complexity index is 1540. The monoisotopic (exact) mass is 401 g/mol. The summed E-state index contributed by atoms with van der Waals surface area (Å²) < 4.78 is 46.2. The number of hydrogen-bond donors (Lipinski definition) is 0. The summed E-state index contributed by atoms with van der Waals surface area (Å²) in [6.45, 7) is 5.39. The molecule has 5 rings (SSSR count). The van der Waals surface area contributed by atoms with E-state index in [-0.39, 0.29) is 5.92 Å². The maximum absolute atomic E-state index is 8.66. The molecule has 0 saturated heterocycles. The van der Waals surface area contributed by atoms with E-state index in [1.54, 1.807) is 0 Å². The largest absolute Gasteiger partial charge is 0.303 e. The lowest BCUT2D eigenvalue weighted by molar-refractivity contribution is -0.633. The van der Waals surface area contributed by atoms with Gasteiger partial charge in [-0.05, 0) is 67.4 Å². The van der Waals surface area contributed by atoms with Crippen molar-refractivity contribution >= 4 is 28.1 Å². The number of imidazole rings is 1. The fourth-order valence-corrected chi connectivity index (χ4v) is 4.55. The molecule has 0 N–H and O–H groups in total. The Morgan fingerprint density at radius 3 is 2.80 bits per heavy atom. The fourth-order valence-electron chi connectivity index (χ4n) is 4.55. The van der Waals surface area contributed by atoms with Crippen LogP contribution in [0.3, 0.4) is 0 Å². The van der Waals surface area contributed by atoms with Gasteiger partial charge >= 0.3 is 0 Å². The second kappa shape index (κ2) is 6.80. The van der Waals surface area contributed by atoms with Crippen LogP contribution in [-0.4, -0.2) is 9.55 Å².